The van der Waals surface area contributed by atoms with Gasteiger partial charge in [0.15, 0.2) is 0 Å². The Morgan fingerprint density at radius 2 is 2.09 bits per heavy atom. The van der Waals surface area contributed by atoms with E-state index in [1.165, 1.54) is 18.0 Å². The molecule has 0 unspecified atom stereocenters. The number of unbranched alkanes of at least 4 members (excludes halogenated alkanes) is 1. The Morgan fingerprint density at radius 1 is 1.45 bits per heavy atom. The summed E-state index contributed by atoms with van der Waals surface area (Å²) in [6.45, 7) is 0. The topological polar surface area (TPSA) is 57.9 Å². The van der Waals surface area contributed by atoms with Crippen molar-refractivity contribution in [1.82, 2.24) is 0 Å². The summed E-state index contributed by atoms with van der Waals surface area (Å²) in [5.41, 5.74) is 0. The molecule has 0 aromatic rings. The molecular formula is C6H11NO2S2. The summed E-state index contributed by atoms with van der Waals surface area (Å²) < 4.78 is 21.2. The van der Waals surface area contributed by atoms with E-state index in [-0.39, 0.29) is 5.75 Å². The van der Waals surface area contributed by atoms with Crippen LogP contribution in [0.1, 0.15) is 12.8 Å². The molecule has 0 N–H and O–H groups in total. The Kier molecular flexibility index (Phi) is 5.34. The maximum atomic E-state index is 10.6. The van der Waals surface area contributed by atoms with Crippen molar-refractivity contribution >= 4 is 21.6 Å². The molecule has 0 radical (unpaired) electrons. The van der Waals surface area contributed by atoms with E-state index in [4.69, 9.17) is 5.26 Å². The monoisotopic (exact) mass is 193 g/mol. The molecule has 0 aromatic carbocycles. The Balaban J connectivity index is 3.24. The van der Waals surface area contributed by atoms with E-state index in [9.17, 15) is 8.42 Å². The highest BCUT2D eigenvalue weighted by atomic mass is 32.2. The quantitative estimate of drug-likeness (QED) is 0.483. The third-order valence-electron chi connectivity index (χ3n) is 1.08. The van der Waals surface area contributed by atoms with Crippen molar-refractivity contribution in [1.29, 1.82) is 5.26 Å². The molecule has 11 heavy (non-hydrogen) atoms. The van der Waals surface area contributed by atoms with Crippen molar-refractivity contribution < 1.29 is 8.42 Å². The van der Waals surface area contributed by atoms with Gasteiger partial charge in [0.1, 0.15) is 15.2 Å². The van der Waals surface area contributed by atoms with Gasteiger partial charge in [0.05, 0.1) is 0 Å². The number of nitriles is 1. The van der Waals surface area contributed by atoms with E-state index in [1.54, 1.807) is 0 Å². The molecule has 0 amide bonds. The van der Waals surface area contributed by atoms with Crippen LogP contribution in [0.25, 0.3) is 0 Å². The summed E-state index contributed by atoms with van der Waals surface area (Å²) in [7, 11) is -2.80. The summed E-state index contributed by atoms with van der Waals surface area (Å²) in [4.78, 5) is 0. The average Bonchev–Trinajstić information content (AvgIpc) is 1.85. The standard InChI is InChI=1S/C6H11NO2S2/c1-11(8,9)5-3-2-4-10-6-7/h2-5H2,1H3. The lowest BCUT2D eigenvalue weighted by Crippen LogP contribution is -2.02. The Hall–Kier alpha value is -0.210. The van der Waals surface area contributed by atoms with Crippen LogP contribution in [0, 0.1) is 10.7 Å². The van der Waals surface area contributed by atoms with Crippen molar-refractivity contribution in [3.05, 3.63) is 0 Å². The SMILES string of the molecule is CS(=O)(=O)CCCCSC#N. The van der Waals surface area contributed by atoms with Crippen LogP contribution < -0.4 is 0 Å². The van der Waals surface area contributed by atoms with Crippen molar-refractivity contribution in [2.45, 2.75) is 12.8 Å². The number of thiocyanates is 1. The molecule has 0 fully saturated rings. The fourth-order valence-corrected chi connectivity index (χ4v) is 1.75. The molecule has 0 spiro atoms. The highest BCUT2D eigenvalue weighted by Crippen LogP contribution is 2.02. The summed E-state index contributed by atoms with van der Waals surface area (Å²) in [5.74, 6) is 0.963. The molecule has 0 saturated carbocycles. The predicted octanol–water partition coefficient (Wildman–Crippen LogP) is 1.03. The number of thioether (sulfide) groups is 1. The maximum Gasteiger partial charge on any atom is 0.147 e. The van der Waals surface area contributed by atoms with Crippen molar-refractivity contribution in [3.63, 3.8) is 0 Å². The van der Waals surface area contributed by atoms with Crippen LogP contribution in [-0.4, -0.2) is 26.2 Å². The second-order valence-electron chi connectivity index (χ2n) is 2.28. The third-order valence-corrected chi connectivity index (χ3v) is 2.73. The van der Waals surface area contributed by atoms with Crippen molar-refractivity contribution in [3.8, 4) is 5.40 Å². The molecule has 0 bridgehead atoms. The zero-order valence-corrected chi connectivity index (χ0v) is 8.04. The van der Waals surface area contributed by atoms with Crippen LogP contribution in [0.15, 0.2) is 0 Å². The van der Waals surface area contributed by atoms with E-state index in [0.717, 1.165) is 12.2 Å². The zero-order valence-electron chi connectivity index (χ0n) is 6.41. The number of hydrogen-bond donors (Lipinski definition) is 0. The molecule has 64 valence electrons. The van der Waals surface area contributed by atoms with Gasteiger partial charge < -0.3 is 0 Å². The van der Waals surface area contributed by atoms with Gasteiger partial charge in [-0.05, 0) is 24.6 Å². The first-order chi connectivity index (χ1) is 5.06. The van der Waals surface area contributed by atoms with E-state index in [1.807, 2.05) is 5.40 Å². The van der Waals surface area contributed by atoms with E-state index in [2.05, 4.69) is 0 Å². The second kappa shape index (κ2) is 5.44. The molecule has 0 aromatic heterocycles. The minimum atomic E-state index is -2.80. The van der Waals surface area contributed by atoms with Gasteiger partial charge in [0, 0.05) is 17.8 Å². The molecule has 0 atom stereocenters. The molecule has 0 aliphatic carbocycles. The molecule has 3 nitrogen and oxygen atoms in total. The number of nitrogens with zero attached hydrogens (tertiary/aromatic N) is 1. The fraction of sp³-hybridized carbons (Fsp3) is 0.833. The lowest BCUT2D eigenvalue weighted by molar-refractivity contribution is 0.598. The van der Waals surface area contributed by atoms with Gasteiger partial charge in [-0.2, -0.15) is 5.26 Å². The average molecular weight is 193 g/mol. The molecule has 0 saturated heterocycles. The first-order valence-corrected chi connectivity index (χ1v) is 6.29. The third kappa shape index (κ3) is 9.79. The van der Waals surface area contributed by atoms with Crippen LogP contribution >= 0.6 is 11.8 Å². The van der Waals surface area contributed by atoms with Crippen LogP contribution in [0.2, 0.25) is 0 Å². The van der Waals surface area contributed by atoms with Gasteiger partial charge in [-0.25, -0.2) is 8.42 Å². The van der Waals surface area contributed by atoms with Gasteiger partial charge in [0.2, 0.25) is 0 Å². The molecule has 0 heterocycles. The molecule has 0 aliphatic rings. The predicted molar refractivity (Wildman–Crippen MR) is 47.0 cm³/mol. The summed E-state index contributed by atoms with van der Waals surface area (Å²) in [6, 6.07) is 0. The van der Waals surface area contributed by atoms with Crippen molar-refractivity contribution in [2.24, 2.45) is 0 Å². The number of rotatable bonds is 5. The number of sulfone groups is 1. The maximum absolute atomic E-state index is 10.6. The normalized spacial score (nSPS) is 10.9. The molecule has 0 aliphatic heterocycles. The highest BCUT2D eigenvalue weighted by Gasteiger charge is 2.00. The van der Waals surface area contributed by atoms with Crippen LogP contribution in [0.3, 0.4) is 0 Å². The van der Waals surface area contributed by atoms with Crippen LogP contribution in [0.4, 0.5) is 0 Å². The first-order valence-electron chi connectivity index (χ1n) is 3.25. The minimum Gasteiger partial charge on any atom is -0.229 e. The Morgan fingerprint density at radius 3 is 2.55 bits per heavy atom. The van der Waals surface area contributed by atoms with Gasteiger partial charge in [-0.15, -0.1) is 0 Å². The fourth-order valence-electron chi connectivity index (χ4n) is 0.584. The second-order valence-corrected chi connectivity index (χ2v) is 5.42. The Bertz CT molecular complexity index is 227. The van der Waals surface area contributed by atoms with Crippen molar-refractivity contribution in [2.75, 3.05) is 17.8 Å². The first kappa shape index (κ1) is 10.8. The summed E-state index contributed by atoms with van der Waals surface area (Å²) in [6.07, 6.45) is 2.68. The van der Waals surface area contributed by atoms with E-state index < -0.39 is 9.84 Å². The minimum absolute atomic E-state index is 0.235. The molecule has 0 rings (SSSR count). The lowest BCUT2D eigenvalue weighted by Gasteiger charge is -1.95. The van der Waals surface area contributed by atoms with E-state index >= 15 is 0 Å². The van der Waals surface area contributed by atoms with Gasteiger partial charge in [0.25, 0.3) is 0 Å². The van der Waals surface area contributed by atoms with Gasteiger partial charge in [-0.1, -0.05) is 0 Å². The summed E-state index contributed by atoms with van der Waals surface area (Å²) >= 11 is 1.17. The highest BCUT2D eigenvalue weighted by molar-refractivity contribution is 8.03. The zero-order chi connectivity index (χ0) is 8.74. The van der Waals surface area contributed by atoms with Crippen LogP contribution in [-0.2, 0) is 9.84 Å². The largest absolute Gasteiger partial charge is 0.229 e. The smallest absolute Gasteiger partial charge is 0.147 e. The lowest BCUT2D eigenvalue weighted by atomic mass is 10.4. The molecule has 5 heteroatoms. The Labute approximate surface area is 71.7 Å². The summed E-state index contributed by atoms with van der Waals surface area (Å²) in [5, 5.41) is 10.1. The van der Waals surface area contributed by atoms with Gasteiger partial charge >= 0.3 is 0 Å². The van der Waals surface area contributed by atoms with Crippen LogP contribution in [0.5, 0.6) is 0 Å². The number of hydrogen-bond acceptors (Lipinski definition) is 4. The molecular weight excluding hydrogens is 182 g/mol. The van der Waals surface area contributed by atoms with E-state index in [0.29, 0.717) is 6.42 Å². The van der Waals surface area contributed by atoms with Gasteiger partial charge in [-0.3, -0.25) is 0 Å².